The molecule has 0 radical (unpaired) electrons. The van der Waals surface area contributed by atoms with Crippen LogP contribution in [0.25, 0.3) is 10.9 Å². The molecule has 0 spiro atoms. The summed E-state index contributed by atoms with van der Waals surface area (Å²) >= 11 is 12.3. The summed E-state index contributed by atoms with van der Waals surface area (Å²) in [6.07, 6.45) is 2.83. The Kier molecular flexibility index (Phi) is 7.78. The standard InChI is InChI=1S/C26H26Cl2N4O3/c1-3-13-31-24(29-21-10-6-5-9-19(21)25(31)33)23(4-2)32(16-18-8-7-14-35-18)26(34)30-22-12-11-17(27)15-20(22)28/h5-12,14-15,23H,3-4,13,16H2,1-2H3,(H,30,34). The van der Waals surface area contributed by atoms with Crippen LogP contribution in [0.2, 0.25) is 10.0 Å². The van der Waals surface area contributed by atoms with Crippen LogP contribution < -0.4 is 10.9 Å². The molecule has 9 heteroatoms. The van der Waals surface area contributed by atoms with E-state index in [1.165, 1.54) is 0 Å². The van der Waals surface area contributed by atoms with Gasteiger partial charge in [-0.15, -0.1) is 0 Å². The SMILES string of the molecule is CCCn1c(C(CC)N(Cc2ccco2)C(=O)Nc2ccc(Cl)cc2Cl)nc2ccccc2c1=O. The van der Waals surface area contributed by atoms with Gasteiger partial charge in [0.05, 0.1) is 40.5 Å². The van der Waals surface area contributed by atoms with Gasteiger partial charge in [0.15, 0.2) is 0 Å². The third-order valence-corrected chi connectivity index (χ3v) is 6.29. The highest BCUT2D eigenvalue weighted by atomic mass is 35.5. The van der Waals surface area contributed by atoms with E-state index in [1.54, 1.807) is 52.1 Å². The van der Waals surface area contributed by atoms with E-state index in [0.29, 0.717) is 51.2 Å². The third kappa shape index (κ3) is 5.36. The van der Waals surface area contributed by atoms with E-state index >= 15 is 0 Å². The number of para-hydroxylation sites is 1. The number of hydrogen-bond donors (Lipinski definition) is 1. The van der Waals surface area contributed by atoms with E-state index < -0.39 is 12.1 Å². The van der Waals surface area contributed by atoms with Gasteiger partial charge in [0.2, 0.25) is 0 Å². The predicted molar refractivity (Wildman–Crippen MR) is 139 cm³/mol. The number of nitrogens with zero attached hydrogens (tertiary/aromatic N) is 3. The van der Waals surface area contributed by atoms with Gasteiger partial charge in [-0.05, 0) is 55.3 Å². The fraction of sp³-hybridized carbons (Fsp3) is 0.269. The van der Waals surface area contributed by atoms with Crippen LogP contribution in [0.3, 0.4) is 0 Å². The van der Waals surface area contributed by atoms with E-state index in [-0.39, 0.29) is 12.1 Å². The molecule has 2 amide bonds. The minimum Gasteiger partial charge on any atom is -0.467 e. The van der Waals surface area contributed by atoms with Crippen LogP contribution in [0.5, 0.6) is 0 Å². The second-order valence-corrected chi connectivity index (χ2v) is 8.97. The third-order valence-electron chi connectivity index (χ3n) is 5.74. The molecule has 1 atom stereocenters. The largest absolute Gasteiger partial charge is 0.467 e. The molecule has 0 saturated carbocycles. The Labute approximate surface area is 213 Å². The quantitative estimate of drug-likeness (QED) is 0.278. The molecule has 0 bridgehead atoms. The number of furan rings is 1. The van der Waals surface area contributed by atoms with Gasteiger partial charge in [-0.1, -0.05) is 49.2 Å². The van der Waals surface area contributed by atoms with Crippen molar-refractivity contribution in [2.24, 2.45) is 0 Å². The number of nitrogens with one attached hydrogen (secondary N) is 1. The van der Waals surface area contributed by atoms with Crippen LogP contribution >= 0.6 is 23.2 Å². The summed E-state index contributed by atoms with van der Waals surface area (Å²) in [5, 5.41) is 4.22. The molecule has 7 nitrogen and oxygen atoms in total. The summed E-state index contributed by atoms with van der Waals surface area (Å²) < 4.78 is 7.23. The molecule has 182 valence electrons. The maximum Gasteiger partial charge on any atom is 0.322 e. The van der Waals surface area contributed by atoms with Crippen molar-refractivity contribution in [1.82, 2.24) is 14.5 Å². The molecule has 0 aliphatic carbocycles. The Morgan fingerprint density at radius 1 is 1.14 bits per heavy atom. The van der Waals surface area contributed by atoms with Gasteiger partial charge < -0.3 is 14.6 Å². The van der Waals surface area contributed by atoms with Crippen LogP contribution in [0.4, 0.5) is 10.5 Å². The minimum atomic E-state index is -0.505. The second-order valence-electron chi connectivity index (χ2n) is 8.13. The van der Waals surface area contributed by atoms with Crippen LogP contribution in [-0.2, 0) is 13.1 Å². The molecule has 2 aromatic carbocycles. The average molecular weight is 513 g/mol. The Bertz CT molecular complexity index is 1390. The zero-order chi connectivity index (χ0) is 24.9. The predicted octanol–water partition coefficient (Wildman–Crippen LogP) is 6.89. The first-order valence-corrected chi connectivity index (χ1v) is 12.2. The van der Waals surface area contributed by atoms with E-state index in [0.717, 1.165) is 6.42 Å². The number of amides is 2. The lowest BCUT2D eigenvalue weighted by atomic mass is 10.1. The topological polar surface area (TPSA) is 80.4 Å². The summed E-state index contributed by atoms with van der Waals surface area (Å²) in [6, 6.07) is 14.8. The van der Waals surface area contributed by atoms with Crippen LogP contribution in [0.1, 0.15) is 44.3 Å². The molecule has 0 aliphatic heterocycles. The first-order chi connectivity index (χ1) is 16.9. The normalized spacial score (nSPS) is 12.0. The van der Waals surface area contributed by atoms with E-state index in [2.05, 4.69) is 5.32 Å². The van der Waals surface area contributed by atoms with Gasteiger partial charge in [0.1, 0.15) is 11.6 Å². The first kappa shape index (κ1) is 24.8. The van der Waals surface area contributed by atoms with E-state index in [4.69, 9.17) is 32.6 Å². The fourth-order valence-corrected chi connectivity index (χ4v) is 4.55. The summed E-state index contributed by atoms with van der Waals surface area (Å²) in [4.78, 5) is 33.5. The fourth-order valence-electron chi connectivity index (χ4n) is 4.09. The van der Waals surface area contributed by atoms with Crippen molar-refractivity contribution in [3.8, 4) is 0 Å². The molecular weight excluding hydrogens is 487 g/mol. The van der Waals surface area contributed by atoms with Crippen molar-refractivity contribution in [2.45, 2.75) is 45.8 Å². The molecule has 1 N–H and O–H groups in total. The lowest BCUT2D eigenvalue weighted by molar-refractivity contribution is 0.169. The number of rotatable bonds is 8. The molecule has 4 aromatic rings. The highest BCUT2D eigenvalue weighted by Crippen LogP contribution is 2.30. The average Bonchev–Trinajstić information content (AvgIpc) is 3.36. The van der Waals surface area contributed by atoms with Crippen molar-refractivity contribution in [1.29, 1.82) is 0 Å². The van der Waals surface area contributed by atoms with Gasteiger partial charge in [0.25, 0.3) is 5.56 Å². The zero-order valence-corrected chi connectivity index (χ0v) is 21.0. The number of aromatic nitrogens is 2. The molecule has 2 heterocycles. The maximum absolute atomic E-state index is 13.6. The zero-order valence-electron chi connectivity index (χ0n) is 19.5. The Balaban J connectivity index is 1.81. The molecule has 4 rings (SSSR count). The summed E-state index contributed by atoms with van der Waals surface area (Å²) in [5.41, 5.74) is 0.903. The van der Waals surface area contributed by atoms with E-state index in [1.807, 2.05) is 32.0 Å². The number of urea groups is 1. The first-order valence-electron chi connectivity index (χ1n) is 11.5. The van der Waals surface area contributed by atoms with Gasteiger partial charge in [-0.3, -0.25) is 9.36 Å². The van der Waals surface area contributed by atoms with Gasteiger partial charge >= 0.3 is 6.03 Å². The molecule has 2 aromatic heterocycles. The Morgan fingerprint density at radius 3 is 2.63 bits per heavy atom. The summed E-state index contributed by atoms with van der Waals surface area (Å²) in [7, 11) is 0. The van der Waals surface area contributed by atoms with Gasteiger partial charge in [0, 0.05) is 11.6 Å². The monoisotopic (exact) mass is 512 g/mol. The highest BCUT2D eigenvalue weighted by Gasteiger charge is 2.30. The lowest BCUT2D eigenvalue weighted by Crippen LogP contribution is -2.40. The van der Waals surface area contributed by atoms with Crippen molar-refractivity contribution >= 4 is 45.8 Å². The van der Waals surface area contributed by atoms with Crippen molar-refractivity contribution in [3.63, 3.8) is 0 Å². The second kappa shape index (κ2) is 11.0. The van der Waals surface area contributed by atoms with Crippen LogP contribution in [0.15, 0.2) is 70.1 Å². The summed E-state index contributed by atoms with van der Waals surface area (Å²) in [5.74, 6) is 1.13. The molecule has 35 heavy (non-hydrogen) atoms. The van der Waals surface area contributed by atoms with Crippen molar-refractivity contribution < 1.29 is 9.21 Å². The molecule has 0 aliphatic rings. The molecule has 0 fully saturated rings. The Hall–Kier alpha value is -3.29. The number of anilines is 1. The van der Waals surface area contributed by atoms with Gasteiger partial charge in [-0.25, -0.2) is 9.78 Å². The molecule has 1 unspecified atom stereocenters. The lowest BCUT2D eigenvalue weighted by Gasteiger charge is -2.32. The van der Waals surface area contributed by atoms with Crippen molar-refractivity contribution in [3.05, 3.63) is 92.8 Å². The number of benzene rings is 2. The highest BCUT2D eigenvalue weighted by molar-refractivity contribution is 6.36. The van der Waals surface area contributed by atoms with E-state index in [9.17, 15) is 9.59 Å². The number of fused-ring (bicyclic) bond motifs is 1. The van der Waals surface area contributed by atoms with Crippen molar-refractivity contribution in [2.75, 3.05) is 5.32 Å². The number of carbonyl (C=O) groups is 1. The number of halogens is 2. The van der Waals surface area contributed by atoms with Crippen LogP contribution in [-0.4, -0.2) is 20.5 Å². The van der Waals surface area contributed by atoms with Gasteiger partial charge in [-0.2, -0.15) is 0 Å². The Morgan fingerprint density at radius 2 is 1.94 bits per heavy atom. The molecular formula is C26H26Cl2N4O3. The molecule has 0 saturated heterocycles. The summed E-state index contributed by atoms with van der Waals surface area (Å²) in [6.45, 7) is 4.63. The van der Waals surface area contributed by atoms with Crippen LogP contribution in [0, 0.1) is 0 Å². The minimum absolute atomic E-state index is 0.120. The smallest absolute Gasteiger partial charge is 0.322 e. The number of hydrogen-bond acceptors (Lipinski definition) is 4. The maximum atomic E-state index is 13.6. The number of carbonyl (C=O) groups excluding carboxylic acids is 1.